The first-order chi connectivity index (χ1) is 16.4. The Morgan fingerprint density at radius 1 is 1.00 bits per heavy atom. The van der Waals surface area contributed by atoms with E-state index in [-0.39, 0.29) is 5.91 Å². The molecule has 1 unspecified atom stereocenters. The number of carbonyl (C=O) groups is 2. The molecule has 34 heavy (non-hydrogen) atoms. The van der Waals surface area contributed by atoms with Crippen LogP contribution in [0.1, 0.15) is 33.9 Å². The Hall–Kier alpha value is -3.55. The molecule has 0 saturated carbocycles. The zero-order valence-corrected chi connectivity index (χ0v) is 19.6. The van der Waals surface area contributed by atoms with Crippen molar-refractivity contribution in [2.24, 2.45) is 5.10 Å². The smallest absolute Gasteiger partial charge is 0.341 e. The van der Waals surface area contributed by atoms with Crippen LogP contribution in [-0.2, 0) is 4.79 Å². The Balaban J connectivity index is 1.70. The highest BCUT2D eigenvalue weighted by molar-refractivity contribution is 6.31. The SMILES string of the molecule is COc1cc(C2CC(c3ccc(Cl)cc3)=NN2C(=O)c2ccc(Cl)cc2)ccc1OCC(=O)O. The molecule has 174 valence electrons. The fourth-order valence-corrected chi connectivity index (χ4v) is 3.90. The largest absolute Gasteiger partial charge is 0.493 e. The Morgan fingerprint density at radius 3 is 2.26 bits per heavy atom. The number of halogens is 2. The molecule has 0 aromatic heterocycles. The number of carboxylic acid groups (broad SMARTS) is 1. The minimum absolute atomic E-state index is 0.282. The number of amides is 1. The highest BCUT2D eigenvalue weighted by Gasteiger charge is 2.34. The molecule has 3 aromatic carbocycles. The molecule has 1 N–H and O–H groups in total. The minimum Gasteiger partial charge on any atom is -0.493 e. The summed E-state index contributed by atoms with van der Waals surface area (Å²) in [6.07, 6.45) is 0.458. The van der Waals surface area contributed by atoms with Crippen molar-refractivity contribution in [1.82, 2.24) is 5.01 Å². The molecule has 1 aliphatic rings. The highest BCUT2D eigenvalue weighted by Crippen LogP contribution is 2.38. The monoisotopic (exact) mass is 498 g/mol. The first kappa shape index (κ1) is 23.6. The molecule has 1 aliphatic heterocycles. The summed E-state index contributed by atoms with van der Waals surface area (Å²) in [7, 11) is 1.47. The van der Waals surface area contributed by atoms with Crippen molar-refractivity contribution in [3.8, 4) is 11.5 Å². The van der Waals surface area contributed by atoms with E-state index in [1.165, 1.54) is 12.1 Å². The molecule has 0 spiro atoms. The number of hydrogen-bond acceptors (Lipinski definition) is 5. The van der Waals surface area contributed by atoms with Crippen LogP contribution >= 0.6 is 23.2 Å². The van der Waals surface area contributed by atoms with E-state index in [0.29, 0.717) is 33.5 Å². The average molecular weight is 499 g/mol. The molecule has 4 rings (SSSR count). The first-order valence-corrected chi connectivity index (χ1v) is 11.1. The van der Waals surface area contributed by atoms with Gasteiger partial charge in [0.15, 0.2) is 18.1 Å². The van der Waals surface area contributed by atoms with E-state index in [0.717, 1.165) is 16.8 Å². The van der Waals surface area contributed by atoms with Gasteiger partial charge in [-0.05, 0) is 59.7 Å². The Bertz CT molecular complexity index is 1240. The van der Waals surface area contributed by atoms with E-state index < -0.39 is 18.6 Å². The third-order valence-electron chi connectivity index (χ3n) is 5.31. The number of hydrazone groups is 1. The lowest BCUT2D eigenvalue weighted by molar-refractivity contribution is -0.139. The summed E-state index contributed by atoms with van der Waals surface area (Å²) >= 11 is 12.0. The number of nitrogens with zero attached hydrogens (tertiary/aromatic N) is 2. The van der Waals surface area contributed by atoms with E-state index in [9.17, 15) is 9.59 Å². The van der Waals surface area contributed by atoms with Crippen LogP contribution in [-0.4, -0.2) is 41.4 Å². The second kappa shape index (κ2) is 10.2. The standard InChI is InChI=1S/C25H20Cl2N2O5/c1-33-23-12-17(6-11-22(23)34-14-24(30)31)21-13-20(15-2-7-18(26)8-3-15)28-29(21)25(32)16-4-9-19(27)10-5-16/h2-12,21H,13-14H2,1H3,(H,30,31). The minimum atomic E-state index is -1.09. The zero-order valence-electron chi connectivity index (χ0n) is 18.1. The Kier molecular flexibility index (Phi) is 7.05. The molecule has 1 heterocycles. The van der Waals surface area contributed by atoms with Gasteiger partial charge < -0.3 is 14.6 Å². The van der Waals surface area contributed by atoms with Gasteiger partial charge in [-0.2, -0.15) is 5.10 Å². The predicted molar refractivity (Wildman–Crippen MR) is 129 cm³/mol. The maximum atomic E-state index is 13.4. The Labute approximate surface area is 206 Å². The molecule has 0 saturated heterocycles. The third-order valence-corrected chi connectivity index (χ3v) is 5.81. The molecule has 9 heteroatoms. The van der Waals surface area contributed by atoms with Crippen molar-refractivity contribution in [2.75, 3.05) is 13.7 Å². The lowest BCUT2D eigenvalue weighted by Crippen LogP contribution is -2.27. The number of benzene rings is 3. The first-order valence-electron chi connectivity index (χ1n) is 10.3. The maximum Gasteiger partial charge on any atom is 0.341 e. The normalized spacial score (nSPS) is 15.1. The topological polar surface area (TPSA) is 88.4 Å². The fraction of sp³-hybridized carbons (Fsp3) is 0.160. The van der Waals surface area contributed by atoms with Crippen LogP contribution in [0.2, 0.25) is 10.0 Å². The van der Waals surface area contributed by atoms with Crippen molar-refractivity contribution in [1.29, 1.82) is 0 Å². The van der Waals surface area contributed by atoms with Gasteiger partial charge in [0, 0.05) is 22.0 Å². The molecule has 0 fully saturated rings. The van der Waals surface area contributed by atoms with Gasteiger partial charge >= 0.3 is 5.97 Å². The van der Waals surface area contributed by atoms with E-state index in [4.69, 9.17) is 37.8 Å². The number of aliphatic carboxylic acids is 1. The molecule has 3 aromatic rings. The molecule has 1 amide bonds. The summed E-state index contributed by atoms with van der Waals surface area (Å²) in [5, 5.41) is 16.1. The van der Waals surface area contributed by atoms with Crippen LogP contribution in [0, 0.1) is 0 Å². The van der Waals surface area contributed by atoms with E-state index in [2.05, 4.69) is 5.10 Å². The van der Waals surface area contributed by atoms with Crippen LogP contribution < -0.4 is 9.47 Å². The van der Waals surface area contributed by atoms with Gasteiger partial charge in [0.1, 0.15) is 0 Å². The molecule has 1 atom stereocenters. The van der Waals surface area contributed by atoms with Crippen LogP contribution in [0.4, 0.5) is 0 Å². The van der Waals surface area contributed by atoms with Gasteiger partial charge in [-0.25, -0.2) is 9.80 Å². The van der Waals surface area contributed by atoms with Crippen molar-refractivity contribution < 1.29 is 24.2 Å². The van der Waals surface area contributed by atoms with Gasteiger partial charge in [-0.1, -0.05) is 41.4 Å². The maximum absolute atomic E-state index is 13.4. The second-order valence-corrected chi connectivity index (χ2v) is 8.40. The lowest BCUT2D eigenvalue weighted by atomic mass is 9.97. The summed E-state index contributed by atoms with van der Waals surface area (Å²) in [6.45, 7) is -0.496. The molecule has 7 nitrogen and oxygen atoms in total. The molecular formula is C25H20Cl2N2O5. The van der Waals surface area contributed by atoms with Crippen molar-refractivity contribution in [2.45, 2.75) is 12.5 Å². The third kappa shape index (κ3) is 5.16. The van der Waals surface area contributed by atoms with E-state index >= 15 is 0 Å². The number of rotatable bonds is 7. The zero-order chi connectivity index (χ0) is 24.2. The van der Waals surface area contributed by atoms with Crippen LogP contribution in [0.15, 0.2) is 71.8 Å². The van der Waals surface area contributed by atoms with Crippen LogP contribution in [0.25, 0.3) is 0 Å². The van der Waals surface area contributed by atoms with Crippen molar-refractivity contribution in [3.63, 3.8) is 0 Å². The second-order valence-electron chi connectivity index (χ2n) is 7.52. The quantitative estimate of drug-likeness (QED) is 0.467. The predicted octanol–water partition coefficient (Wildman–Crippen LogP) is 5.46. The van der Waals surface area contributed by atoms with Gasteiger partial charge in [-0.3, -0.25) is 4.79 Å². The number of carboxylic acids is 1. The van der Waals surface area contributed by atoms with Gasteiger partial charge in [-0.15, -0.1) is 0 Å². The average Bonchev–Trinajstić information content (AvgIpc) is 3.28. The molecular weight excluding hydrogens is 479 g/mol. The van der Waals surface area contributed by atoms with Crippen LogP contribution in [0.5, 0.6) is 11.5 Å². The van der Waals surface area contributed by atoms with Crippen molar-refractivity contribution >= 4 is 40.8 Å². The van der Waals surface area contributed by atoms with Gasteiger partial charge in [0.2, 0.25) is 0 Å². The van der Waals surface area contributed by atoms with Gasteiger partial charge in [0.25, 0.3) is 5.91 Å². The summed E-state index contributed by atoms with van der Waals surface area (Å²) in [4.78, 5) is 24.3. The number of ether oxygens (including phenoxy) is 2. The summed E-state index contributed by atoms with van der Waals surface area (Å²) < 4.78 is 10.7. The van der Waals surface area contributed by atoms with Crippen molar-refractivity contribution in [3.05, 3.63) is 93.5 Å². The molecule has 0 bridgehead atoms. The summed E-state index contributed by atoms with van der Waals surface area (Å²) in [6, 6.07) is 18.6. The summed E-state index contributed by atoms with van der Waals surface area (Å²) in [5.41, 5.74) is 2.79. The molecule has 0 aliphatic carbocycles. The molecule has 0 radical (unpaired) electrons. The van der Waals surface area contributed by atoms with Crippen LogP contribution in [0.3, 0.4) is 0 Å². The fourth-order valence-electron chi connectivity index (χ4n) is 3.65. The summed E-state index contributed by atoms with van der Waals surface area (Å²) in [5.74, 6) is -0.725. The van der Waals surface area contributed by atoms with E-state index in [1.807, 2.05) is 12.1 Å². The van der Waals surface area contributed by atoms with Gasteiger partial charge in [0.05, 0.1) is 18.9 Å². The van der Waals surface area contributed by atoms with E-state index in [1.54, 1.807) is 54.6 Å². The Morgan fingerprint density at radius 2 is 1.65 bits per heavy atom. The number of methoxy groups -OCH3 is 1. The number of carbonyl (C=O) groups excluding carboxylic acids is 1. The highest BCUT2D eigenvalue weighted by atomic mass is 35.5. The lowest BCUT2D eigenvalue weighted by Gasteiger charge is -2.23. The number of hydrogen-bond donors (Lipinski definition) is 1.